The molecule has 1 aliphatic rings. The topological polar surface area (TPSA) is 153 Å². The number of carbonyl (C=O) groups excluding carboxylic acids is 2. The van der Waals surface area contributed by atoms with E-state index in [0.717, 1.165) is 11.1 Å². The molecule has 1 saturated heterocycles. The van der Waals surface area contributed by atoms with Gasteiger partial charge in [0.25, 0.3) is 0 Å². The van der Waals surface area contributed by atoms with Gasteiger partial charge in [0.1, 0.15) is 12.6 Å². The van der Waals surface area contributed by atoms with Crippen LogP contribution >= 0.6 is 0 Å². The summed E-state index contributed by atoms with van der Waals surface area (Å²) in [6.07, 6.45) is 2.33. The maximum Gasteiger partial charge on any atom is 0.321 e. The summed E-state index contributed by atoms with van der Waals surface area (Å²) >= 11 is 0. The van der Waals surface area contributed by atoms with E-state index < -0.39 is 34.1 Å². The molecule has 1 aliphatic heterocycles. The van der Waals surface area contributed by atoms with Crippen LogP contribution in [0.3, 0.4) is 0 Å². The molecule has 1 aromatic heterocycles. The van der Waals surface area contributed by atoms with E-state index in [1.165, 1.54) is 16.4 Å². The van der Waals surface area contributed by atoms with Gasteiger partial charge in [-0.25, -0.2) is 13.2 Å². The molecule has 12 nitrogen and oxygen atoms in total. The van der Waals surface area contributed by atoms with Gasteiger partial charge in [0.15, 0.2) is 0 Å². The Morgan fingerprint density at radius 2 is 1.65 bits per heavy atom. The second-order valence-corrected chi connectivity index (χ2v) is 14.9. The second kappa shape index (κ2) is 16.8. The number of amides is 3. The first-order chi connectivity index (χ1) is 22.9. The molecule has 0 bridgehead atoms. The fourth-order valence-electron chi connectivity index (χ4n) is 5.95. The number of rotatable bonds is 17. The number of benzene rings is 2. The fraction of sp³-hybridized carbons (Fsp3) is 0.457. The Balaban J connectivity index is 1.57. The van der Waals surface area contributed by atoms with E-state index in [9.17, 15) is 28.0 Å². The summed E-state index contributed by atoms with van der Waals surface area (Å²) in [5.74, 6) is -0.718. The van der Waals surface area contributed by atoms with Crippen molar-refractivity contribution in [2.24, 2.45) is 17.0 Å². The van der Waals surface area contributed by atoms with Crippen LogP contribution in [0.15, 0.2) is 89.2 Å². The van der Waals surface area contributed by atoms with Crippen LogP contribution in [0, 0.1) is 16.7 Å². The predicted molar refractivity (Wildman–Crippen MR) is 183 cm³/mol. The van der Waals surface area contributed by atoms with E-state index in [0.29, 0.717) is 25.2 Å². The SMILES string of the molecule is CC(C)CN(C[C@@H](O)[C@H](Cc1ccccc1)NC(=O)[C@H](C(C)C)N1CCN(Cc2cccnc2)C1=O)S(=O)(=O)c1ccc(CN=O)cc1. The number of aliphatic hydroxyl groups excluding tert-OH is 1. The molecule has 3 atom stereocenters. The molecule has 0 unspecified atom stereocenters. The number of nitrogens with zero attached hydrogens (tertiary/aromatic N) is 5. The Morgan fingerprint density at radius 1 is 0.958 bits per heavy atom. The summed E-state index contributed by atoms with van der Waals surface area (Å²) in [6.45, 7) is 8.49. The first-order valence-corrected chi connectivity index (χ1v) is 17.7. The third kappa shape index (κ3) is 9.45. The Kier molecular flexibility index (Phi) is 12.8. The number of carbonyl (C=O) groups is 2. The van der Waals surface area contributed by atoms with Crippen LogP contribution in [0.4, 0.5) is 4.79 Å². The maximum atomic E-state index is 14.0. The Bertz CT molecular complexity index is 1610. The number of hydrogen-bond acceptors (Lipinski definition) is 8. The monoisotopic (exact) mass is 678 g/mol. The number of hydrogen-bond donors (Lipinski definition) is 2. The zero-order chi connectivity index (χ0) is 34.8. The third-order valence-electron chi connectivity index (χ3n) is 8.32. The van der Waals surface area contributed by atoms with Gasteiger partial charge in [0.05, 0.1) is 17.0 Å². The molecule has 3 aromatic rings. The van der Waals surface area contributed by atoms with E-state index >= 15 is 0 Å². The van der Waals surface area contributed by atoms with Crippen LogP contribution in [0.25, 0.3) is 0 Å². The zero-order valence-electron chi connectivity index (χ0n) is 28.0. The molecule has 48 heavy (non-hydrogen) atoms. The Labute approximate surface area is 283 Å². The van der Waals surface area contributed by atoms with Gasteiger partial charge in [-0.1, -0.05) is 81.4 Å². The molecule has 4 rings (SSSR count). The van der Waals surface area contributed by atoms with Crippen LogP contribution in [0.1, 0.15) is 44.4 Å². The van der Waals surface area contributed by atoms with Crippen LogP contribution in [-0.4, -0.2) is 88.9 Å². The molecule has 2 aromatic carbocycles. The first-order valence-electron chi connectivity index (χ1n) is 16.3. The van der Waals surface area contributed by atoms with Crippen molar-refractivity contribution in [2.45, 2.75) is 70.3 Å². The van der Waals surface area contributed by atoms with Crippen LogP contribution < -0.4 is 5.32 Å². The average Bonchev–Trinajstić information content (AvgIpc) is 3.40. The molecule has 0 aliphatic carbocycles. The summed E-state index contributed by atoms with van der Waals surface area (Å²) in [5.41, 5.74) is 2.32. The van der Waals surface area contributed by atoms with Crippen LogP contribution in [-0.2, 0) is 34.3 Å². The van der Waals surface area contributed by atoms with Gasteiger partial charge in [-0.2, -0.15) is 9.21 Å². The Morgan fingerprint density at radius 3 is 2.25 bits per heavy atom. The molecule has 13 heteroatoms. The highest BCUT2D eigenvalue weighted by Gasteiger charge is 2.40. The van der Waals surface area contributed by atoms with Crippen molar-refractivity contribution in [3.8, 4) is 0 Å². The van der Waals surface area contributed by atoms with Crippen molar-refractivity contribution in [3.05, 3.63) is 101 Å². The summed E-state index contributed by atoms with van der Waals surface area (Å²) < 4.78 is 28.9. The quantitative estimate of drug-likeness (QED) is 0.205. The minimum Gasteiger partial charge on any atom is -0.390 e. The van der Waals surface area contributed by atoms with E-state index in [1.54, 1.807) is 34.3 Å². The fourth-order valence-corrected chi connectivity index (χ4v) is 7.57. The number of aromatic nitrogens is 1. The third-order valence-corrected chi connectivity index (χ3v) is 10.2. The molecular formula is C35H46N6O6S. The Hall–Kier alpha value is -4.20. The number of urea groups is 1. The van der Waals surface area contributed by atoms with Crippen molar-refractivity contribution in [1.29, 1.82) is 0 Å². The van der Waals surface area contributed by atoms with Crippen molar-refractivity contribution < 1.29 is 23.1 Å². The van der Waals surface area contributed by atoms with Crippen molar-refractivity contribution in [3.63, 3.8) is 0 Å². The number of nitrogens with one attached hydrogen (secondary N) is 1. The highest BCUT2D eigenvalue weighted by atomic mass is 32.2. The van der Waals surface area contributed by atoms with Crippen molar-refractivity contribution in [2.75, 3.05) is 26.2 Å². The average molecular weight is 679 g/mol. The molecule has 1 fully saturated rings. The smallest absolute Gasteiger partial charge is 0.321 e. The molecular weight excluding hydrogens is 632 g/mol. The lowest BCUT2D eigenvalue weighted by atomic mass is 9.97. The zero-order valence-corrected chi connectivity index (χ0v) is 28.8. The number of nitroso groups, excluding NO2 is 1. The normalized spacial score (nSPS) is 15.6. The van der Waals surface area contributed by atoms with E-state index in [4.69, 9.17) is 0 Å². The van der Waals surface area contributed by atoms with Crippen LogP contribution in [0.5, 0.6) is 0 Å². The van der Waals surface area contributed by atoms with Gasteiger partial charge in [0, 0.05) is 45.1 Å². The minimum absolute atomic E-state index is 0.0249. The lowest BCUT2D eigenvalue weighted by molar-refractivity contribution is -0.128. The molecule has 0 saturated carbocycles. The highest BCUT2D eigenvalue weighted by Crippen LogP contribution is 2.23. The molecule has 3 amide bonds. The van der Waals surface area contributed by atoms with E-state index in [-0.39, 0.29) is 48.8 Å². The molecule has 0 radical (unpaired) electrons. The number of aliphatic hydroxyl groups is 1. The summed E-state index contributed by atoms with van der Waals surface area (Å²) in [6, 6.07) is 17.1. The van der Waals surface area contributed by atoms with Gasteiger partial charge in [-0.15, -0.1) is 0 Å². The van der Waals surface area contributed by atoms with Crippen molar-refractivity contribution in [1.82, 2.24) is 24.4 Å². The van der Waals surface area contributed by atoms with Crippen LogP contribution in [0.2, 0.25) is 0 Å². The first kappa shape index (κ1) is 36.6. The van der Waals surface area contributed by atoms with Crippen molar-refractivity contribution >= 4 is 22.0 Å². The predicted octanol–water partition coefficient (Wildman–Crippen LogP) is 4.05. The second-order valence-electron chi connectivity index (χ2n) is 13.0. The molecule has 258 valence electrons. The number of pyridine rings is 1. The van der Waals surface area contributed by atoms with E-state index in [2.05, 4.69) is 15.5 Å². The van der Waals surface area contributed by atoms with Gasteiger partial charge in [0.2, 0.25) is 15.9 Å². The van der Waals surface area contributed by atoms with Gasteiger partial charge in [-0.3, -0.25) is 9.78 Å². The van der Waals surface area contributed by atoms with Gasteiger partial charge >= 0.3 is 6.03 Å². The van der Waals surface area contributed by atoms with Gasteiger partial charge < -0.3 is 20.2 Å². The largest absolute Gasteiger partial charge is 0.390 e. The summed E-state index contributed by atoms with van der Waals surface area (Å²) in [7, 11) is -4.05. The molecule has 2 heterocycles. The number of sulfonamides is 1. The van der Waals surface area contributed by atoms with E-state index in [1.807, 2.05) is 70.2 Å². The van der Waals surface area contributed by atoms with Gasteiger partial charge in [-0.05, 0) is 53.1 Å². The molecule has 0 spiro atoms. The lowest BCUT2D eigenvalue weighted by Gasteiger charge is -2.34. The molecule has 2 N–H and O–H groups in total. The standard InChI is InChI=1S/C35H46N6O6S/c1-25(2)22-40(48(46,47)30-14-12-28(13-15-30)21-37-45)24-32(42)31(19-27-9-6-5-7-10-27)38-34(43)33(26(3)4)41-18-17-39(35(41)44)23-29-11-8-16-36-20-29/h5-16,20,25-26,31-33,42H,17-19,21-24H2,1-4H3,(H,38,43)/t31-,32+,33-/m0/s1. The minimum atomic E-state index is -4.05. The lowest BCUT2D eigenvalue weighted by Crippen LogP contribution is -2.57. The summed E-state index contributed by atoms with van der Waals surface area (Å²) in [4.78, 5) is 45.7. The summed E-state index contributed by atoms with van der Waals surface area (Å²) in [5, 5.41) is 17.6. The highest BCUT2D eigenvalue weighted by molar-refractivity contribution is 7.89. The maximum absolute atomic E-state index is 14.0.